The van der Waals surface area contributed by atoms with Gasteiger partial charge in [0.2, 0.25) is 0 Å². The van der Waals surface area contributed by atoms with Crippen LogP contribution in [0.3, 0.4) is 0 Å². The minimum atomic E-state index is 0.269. The fourth-order valence-corrected chi connectivity index (χ4v) is 2.34. The Kier molecular flexibility index (Phi) is 3.36. The molecule has 0 N–H and O–H groups in total. The fourth-order valence-electron chi connectivity index (χ4n) is 2.12. The molecule has 1 aliphatic rings. The van der Waals surface area contributed by atoms with Crippen LogP contribution in [0.15, 0.2) is 18.2 Å². The minimum Gasteiger partial charge on any atom is -0.489 e. The van der Waals surface area contributed by atoms with E-state index in [1.54, 1.807) is 18.2 Å². The fraction of sp³-hybridized carbons (Fsp3) is 0.462. The number of hydrogen-bond acceptors (Lipinski definition) is 2. The van der Waals surface area contributed by atoms with E-state index in [0.29, 0.717) is 22.3 Å². The van der Waals surface area contributed by atoms with E-state index < -0.39 is 0 Å². The molecule has 0 heterocycles. The van der Waals surface area contributed by atoms with Crippen LogP contribution in [0.4, 0.5) is 0 Å². The monoisotopic (exact) mass is 235 g/mol. The zero-order valence-electron chi connectivity index (χ0n) is 9.24. The summed E-state index contributed by atoms with van der Waals surface area (Å²) in [6.07, 6.45) is 3.81. The molecule has 1 saturated carbocycles. The second-order valence-electron chi connectivity index (χ2n) is 4.32. The van der Waals surface area contributed by atoms with Crippen molar-refractivity contribution in [3.05, 3.63) is 28.8 Å². The molecule has 0 amide bonds. The first-order chi connectivity index (χ1) is 7.70. The van der Waals surface area contributed by atoms with Crippen LogP contribution >= 0.6 is 11.6 Å². The van der Waals surface area contributed by atoms with Crippen LogP contribution in [0, 0.1) is 17.2 Å². The van der Waals surface area contributed by atoms with E-state index in [1.807, 2.05) is 0 Å². The molecule has 0 radical (unpaired) electrons. The van der Waals surface area contributed by atoms with Gasteiger partial charge in [-0.05, 0) is 43.4 Å². The van der Waals surface area contributed by atoms with Crippen LogP contribution in [0.1, 0.15) is 31.7 Å². The molecule has 1 fully saturated rings. The van der Waals surface area contributed by atoms with Crippen molar-refractivity contribution in [1.29, 1.82) is 5.26 Å². The maximum atomic E-state index is 8.73. The molecule has 84 valence electrons. The van der Waals surface area contributed by atoms with Gasteiger partial charge in [-0.15, -0.1) is 0 Å². The van der Waals surface area contributed by atoms with Gasteiger partial charge < -0.3 is 4.74 Å². The van der Waals surface area contributed by atoms with E-state index in [0.717, 1.165) is 6.42 Å². The van der Waals surface area contributed by atoms with Crippen molar-refractivity contribution in [2.45, 2.75) is 32.3 Å². The zero-order valence-corrected chi connectivity index (χ0v) is 10.00. The molecule has 0 saturated heterocycles. The van der Waals surface area contributed by atoms with Crippen LogP contribution in [0.2, 0.25) is 5.02 Å². The van der Waals surface area contributed by atoms with Crippen LogP contribution < -0.4 is 4.74 Å². The van der Waals surface area contributed by atoms with E-state index in [9.17, 15) is 0 Å². The van der Waals surface area contributed by atoms with Crippen molar-refractivity contribution < 1.29 is 4.74 Å². The lowest BCUT2D eigenvalue weighted by Crippen LogP contribution is -2.19. The number of nitrogens with zero attached hydrogens (tertiary/aromatic N) is 1. The molecule has 0 aliphatic heterocycles. The van der Waals surface area contributed by atoms with Crippen LogP contribution in [-0.2, 0) is 0 Å². The lowest BCUT2D eigenvalue weighted by molar-refractivity contribution is 0.168. The number of rotatable bonds is 2. The average molecular weight is 236 g/mol. The van der Waals surface area contributed by atoms with Gasteiger partial charge in [0.1, 0.15) is 11.9 Å². The van der Waals surface area contributed by atoms with Gasteiger partial charge in [-0.1, -0.05) is 18.5 Å². The van der Waals surface area contributed by atoms with Crippen molar-refractivity contribution in [2.24, 2.45) is 5.92 Å². The lowest BCUT2D eigenvalue weighted by atomic mass is 10.1. The van der Waals surface area contributed by atoms with Crippen LogP contribution in [0.25, 0.3) is 0 Å². The minimum absolute atomic E-state index is 0.269. The molecular weight excluding hydrogens is 222 g/mol. The van der Waals surface area contributed by atoms with Crippen LogP contribution in [-0.4, -0.2) is 6.10 Å². The van der Waals surface area contributed by atoms with Gasteiger partial charge in [-0.25, -0.2) is 0 Å². The summed E-state index contributed by atoms with van der Waals surface area (Å²) >= 11 is 6.06. The summed E-state index contributed by atoms with van der Waals surface area (Å²) in [7, 11) is 0. The maximum Gasteiger partial charge on any atom is 0.138 e. The molecule has 3 heteroatoms. The molecule has 1 aromatic rings. The molecule has 0 bridgehead atoms. The molecule has 2 atom stereocenters. The van der Waals surface area contributed by atoms with Gasteiger partial charge in [0.15, 0.2) is 0 Å². The van der Waals surface area contributed by atoms with Crippen molar-refractivity contribution >= 4 is 11.6 Å². The van der Waals surface area contributed by atoms with E-state index in [-0.39, 0.29) is 6.10 Å². The second kappa shape index (κ2) is 4.76. The van der Waals surface area contributed by atoms with E-state index >= 15 is 0 Å². The van der Waals surface area contributed by atoms with Gasteiger partial charge >= 0.3 is 0 Å². The zero-order chi connectivity index (χ0) is 11.5. The topological polar surface area (TPSA) is 33.0 Å². The number of hydrogen-bond donors (Lipinski definition) is 0. The van der Waals surface area contributed by atoms with Gasteiger partial charge in [-0.3, -0.25) is 0 Å². The first kappa shape index (κ1) is 11.3. The van der Waals surface area contributed by atoms with E-state index in [2.05, 4.69) is 13.0 Å². The average Bonchev–Trinajstić information content (AvgIpc) is 2.67. The Morgan fingerprint density at radius 2 is 2.25 bits per heavy atom. The quantitative estimate of drug-likeness (QED) is 0.782. The molecule has 2 rings (SSSR count). The largest absolute Gasteiger partial charge is 0.489 e. The molecule has 0 aromatic heterocycles. The summed E-state index contributed by atoms with van der Waals surface area (Å²) < 4.78 is 5.88. The van der Waals surface area contributed by atoms with Crippen LogP contribution in [0.5, 0.6) is 5.75 Å². The summed E-state index contributed by atoms with van der Waals surface area (Å²) in [5, 5.41) is 9.26. The Labute approximate surface area is 101 Å². The van der Waals surface area contributed by atoms with Crippen molar-refractivity contribution in [3.8, 4) is 11.8 Å². The Morgan fingerprint density at radius 3 is 2.81 bits per heavy atom. The number of benzene rings is 1. The SMILES string of the molecule is C[C@@H]1CCCC1Oc1ccc(C#N)cc1Cl. The summed E-state index contributed by atoms with van der Waals surface area (Å²) in [4.78, 5) is 0. The maximum absolute atomic E-state index is 8.73. The summed E-state index contributed by atoms with van der Waals surface area (Å²) in [6, 6.07) is 7.23. The molecule has 1 unspecified atom stereocenters. The molecule has 0 spiro atoms. The smallest absolute Gasteiger partial charge is 0.138 e. The third-order valence-corrected chi connectivity index (χ3v) is 3.42. The lowest BCUT2D eigenvalue weighted by Gasteiger charge is -2.18. The van der Waals surface area contributed by atoms with Gasteiger partial charge in [0.25, 0.3) is 0 Å². The third-order valence-electron chi connectivity index (χ3n) is 3.12. The molecule has 16 heavy (non-hydrogen) atoms. The highest BCUT2D eigenvalue weighted by Crippen LogP contribution is 2.32. The van der Waals surface area contributed by atoms with E-state index in [1.165, 1.54) is 12.8 Å². The molecular formula is C13H14ClNO. The standard InChI is InChI=1S/C13H14ClNO/c1-9-3-2-4-12(9)16-13-6-5-10(8-15)7-11(13)14/h5-7,9,12H,2-4H2,1H3/t9-,12?/m1/s1. The predicted molar refractivity (Wildman–Crippen MR) is 63.6 cm³/mol. The highest BCUT2D eigenvalue weighted by atomic mass is 35.5. The predicted octanol–water partition coefficient (Wildman–Crippen LogP) is 3.78. The highest BCUT2D eigenvalue weighted by molar-refractivity contribution is 6.32. The van der Waals surface area contributed by atoms with Gasteiger partial charge in [0, 0.05) is 0 Å². The highest BCUT2D eigenvalue weighted by Gasteiger charge is 2.25. The normalized spacial score (nSPS) is 24.1. The number of nitriles is 1. The van der Waals surface area contributed by atoms with Crippen molar-refractivity contribution in [3.63, 3.8) is 0 Å². The Hall–Kier alpha value is -1.20. The Balaban J connectivity index is 2.13. The number of ether oxygens (including phenoxy) is 1. The molecule has 1 aliphatic carbocycles. The first-order valence-electron chi connectivity index (χ1n) is 5.57. The number of halogens is 1. The third kappa shape index (κ3) is 2.31. The van der Waals surface area contributed by atoms with Gasteiger partial charge in [0.05, 0.1) is 16.7 Å². The Bertz CT molecular complexity index is 424. The van der Waals surface area contributed by atoms with E-state index in [4.69, 9.17) is 21.6 Å². The Morgan fingerprint density at radius 1 is 1.44 bits per heavy atom. The molecule has 1 aromatic carbocycles. The summed E-state index contributed by atoms with van der Waals surface area (Å²) in [5.41, 5.74) is 0.567. The first-order valence-corrected chi connectivity index (χ1v) is 5.95. The van der Waals surface area contributed by atoms with Gasteiger partial charge in [-0.2, -0.15) is 5.26 Å². The summed E-state index contributed by atoms with van der Waals surface area (Å²) in [6.45, 7) is 2.20. The van der Waals surface area contributed by atoms with Crippen molar-refractivity contribution in [2.75, 3.05) is 0 Å². The van der Waals surface area contributed by atoms with Crippen molar-refractivity contribution in [1.82, 2.24) is 0 Å². The molecule has 2 nitrogen and oxygen atoms in total. The second-order valence-corrected chi connectivity index (χ2v) is 4.73. The summed E-state index contributed by atoms with van der Waals surface area (Å²) in [5.74, 6) is 1.28.